The van der Waals surface area contributed by atoms with Crippen LogP contribution in [0.1, 0.15) is 25.7 Å². The van der Waals surface area contributed by atoms with Crippen molar-refractivity contribution in [2.45, 2.75) is 37.8 Å². The van der Waals surface area contributed by atoms with Gasteiger partial charge in [0.1, 0.15) is 0 Å². The molecule has 0 spiro atoms. The number of hydrogen-bond acceptors (Lipinski definition) is 4. The molecule has 0 bridgehead atoms. The summed E-state index contributed by atoms with van der Waals surface area (Å²) in [6.07, 6.45) is 8.32. The van der Waals surface area contributed by atoms with Crippen LogP contribution in [0.5, 0.6) is 0 Å². The summed E-state index contributed by atoms with van der Waals surface area (Å²) in [6, 6.07) is 1.23. The average Bonchev–Trinajstić information content (AvgIpc) is 2.81. The smallest absolute Gasteiger partial charge is 0.0841 e. The molecule has 0 saturated carbocycles. The molecular weight excluding hydrogens is 248 g/mol. The first kappa shape index (κ1) is 12.1. The fraction of sp³-hybridized carbons (Fsp3) is 0.615. The molecule has 98 valence electrons. The Morgan fingerprint density at radius 2 is 2.22 bits per heavy atom. The second-order valence-electron chi connectivity index (χ2n) is 5.28. The summed E-state index contributed by atoms with van der Waals surface area (Å²) in [5.74, 6) is 0. The Labute approximate surface area is 113 Å². The van der Waals surface area contributed by atoms with Crippen molar-refractivity contribution in [3.8, 4) is 0 Å². The number of nitrogen functional groups attached to an aromatic ring is 1. The molecule has 4 nitrogen and oxygen atoms in total. The molecule has 2 atom stereocenters. The normalized spacial score (nSPS) is 28.1. The highest BCUT2D eigenvalue weighted by Crippen LogP contribution is 2.32. The molecule has 0 amide bonds. The topological polar surface area (TPSA) is 54.2 Å². The van der Waals surface area contributed by atoms with Crippen molar-refractivity contribution < 1.29 is 0 Å². The maximum Gasteiger partial charge on any atom is 0.0841 e. The van der Waals surface area contributed by atoms with E-state index < -0.39 is 0 Å². The first-order chi connectivity index (χ1) is 8.74. The summed E-state index contributed by atoms with van der Waals surface area (Å²) in [6.45, 7) is 2.46. The lowest BCUT2D eigenvalue weighted by Crippen LogP contribution is -2.42. The van der Waals surface area contributed by atoms with Crippen LogP contribution >= 0.6 is 11.6 Å². The number of halogens is 1. The fourth-order valence-electron chi connectivity index (χ4n) is 3.16. The molecule has 3 N–H and O–H groups in total. The van der Waals surface area contributed by atoms with E-state index in [9.17, 15) is 0 Å². The molecule has 1 aromatic rings. The SMILES string of the molecule is Nc1cncc(Cl)c1NC1CCN2CCCC2C1. The molecule has 2 aliphatic rings. The van der Waals surface area contributed by atoms with Gasteiger partial charge in [0, 0.05) is 24.8 Å². The van der Waals surface area contributed by atoms with Crippen molar-refractivity contribution in [1.82, 2.24) is 9.88 Å². The number of nitrogens with one attached hydrogen (secondary N) is 1. The fourth-order valence-corrected chi connectivity index (χ4v) is 3.38. The van der Waals surface area contributed by atoms with Crippen LogP contribution in [0.3, 0.4) is 0 Å². The van der Waals surface area contributed by atoms with Gasteiger partial charge in [-0.15, -0.1) is 0 Å². The second-order valence-corrected chi connectivity index (χ2v) is 5.69. The van der Waals surface area contributed by atoms with E-state index in [1.807, 2.05) is 0 Å². The number of nitrogens with two attached hydrogens (primary N) is 1. The molecule has 0 aliphatic carbocycles. The van der Waals surface area contributed by atoms with Gasteiger partial charge in [-0.3, -0.25) is 4.98 Å². The molecule has 18 heavy (non-hydrogen) atoms. The third-order valence-electron chi connectivity index (χ3n) is 4.10. The molecule has 1 aromatic heterocycles. The third kappa shape index (κ3) is 2.27. The van der Waals surface area contributed by atoms with E-state index in [-0.39, 0.29) is 0 Å². The minimum atomic E-state index is 0.478. The molecule has 2 saturated heterocycles. The lowest BCUT2D eigenvalue weighted by atomic mass is 9.97. The molecule has 0 aromatic carbocycles. The van der Waals surface area contributed by atoms with Crippen molar-refractivity contribution in [2.24, 2.45) is 0 Å². The van der Waals surface area contributed by atoms with Gasteiger partial charge in [-0.25, -0.2) is 0 Å². The van der Waals surface area contributed by atoms with Crippen molar-refractivity contribution in [2.75, 3.05) is 24.1 Å². The molecule has 3 rings (SSSR count). The Bertz CT molecular complexity index is 417. The van der Waals surface area contributed by atoms with Gasteiger partial charge in [0.2, 0.25) is 0 Å². The minimum absolute atomic E-state index is 0.478. The minimum Gasteiger partial charge on any atom is -0.396 e. The van der Waals surface area contributed by atoms with Gasteiger partial charge in [0.15, 0.2) is 0 Å². The van der Waals surface area contributed by atoms with Crippen molar-refractivity contribution >= 4 is 23.0 Å². The van der Waals surface area contributed by atoms with Crippen LogP contribution in [0.25, 0.3) is 0 Å². The zero-order valence-electron chi connectivity index (χ0n) is 10.4. The molecule has 3 heterocycles. The largest absolute Gasteiger partial charge is 0.396 e. The lowest BCUT2D eigenvalue weighted by molar-refractivity contribution is 0.188. The predicted molar refractivity (Wildman–Crippen MR) is 74.9 cm³/mol. The number of aromatic nitrogens is 1. The maximum atomic E-state index is 6.14. The Morgan fingerprint density at radius 3 is 3.06 bits per heavy atom. The standard InChI is InChI=1S/C13H19ClN4/c14-11-7-16-8-12(15)13(11)17-9-3-5-18-4-1-2-10(18)6-9/h7-10H,1-6,15H2,(H,16,17). The van der Waals surface area contributed by atoms with Crippen LogP contribution in [-0.2, 0) is 0 Å². The maximum absolute atomic E-state index is 6.14. The summed E-state index contributed by atoms with van der Waals surface area (Å²) in [7, 11) is 0. The van der Waals surface area contributed by atoms with Crippen LogP contribution in [-0.4, -0.2) is 35.1 Å². The molecule has 5 heteroatoms. The second kappa shape index (κ2) is 4.94. The van der Waals surface area contributed by atoms with Crippen LogP contribution in [0.15, 0.2) is 12.4 Å². The molecule has 2 fully saturated rings. The molecule has 2 aliphatic heterocycles. The first-order valence-electron chi connectivity index (χ1n) is 6.63. The average molecular weight is 267 g/mol. The number of pyridine rings is 1. The van der Waals surface area contributed by atoms with E-state index in [0.29, 0.717) is 16.8 Å². The van der Waals surface area contributed by atoms with Crippen LogP contribution in [0.2, 0.25) is 5.02 Å². The summed E-state index contributed by atoms with van der Waals surface area (Å²) in [4.78, 5) is 6.59. The Morgan fingerprint density at radius 1 is 1.33 bits per heavy atom. The first-order valence-corrected chi connectivity index (χ1v) is 7.01. The van der Waals surface area contributed by atoms with Gasteiger partial charge in [-0.1, -0.05) is 11.6 Å². The molecule has 2 unspecified atom stereocenters. The summed E-state index contributed by atoms with van der Waals surface area (Å²) in [5, 5.41) is 4.12. The zero-order chi connectivity index (χ0) is 12.5. The van der Waals surface area contributed by atoms with E-state index >= 15 is 0 Å². The van der Waals surface area contributed by atoms with Crippen molar-refractivity contribution in [3.63, 3.8) is 0 Å². The molecule has 0 radical (unpaired) electrons. The zero-order valence-corrected chi connectivity index (χ0v) is 11.2. The quantitative estimate of drug-likeness (QED) is 0.863. The van der Waals surface area contributed by atoms with Gasteiger partial charge in [0.25, 0.3) is 0 Å². The Balaban J connectivity index is 1.69. The van der Waals surface area contributed by atoms with Gasteiger partial charge in [-0.2, -0.15) is 0 Å². The van der Waals surface area contributed by atoms with E-state index in [0.717, 1.165) is 18.2 Å². The Hall–Kier alpha value is -1.00. The van der Waals surface area contributed by atoms with Gasteiger partial charge >= 0.3 is 0 Å². The van der Waals surface area contributed by atoms with E-state index in [4.69, 9.17) is 17.3 Å². The summed E-state index contributed by atoms with van der Waals surface area (Å²) >= 11 is 6.14. The lowest BCUT2D eigenvalue weighted by Gasteiger charge is -2.35. The number of anilines is 2. The van der Waals surface area contributed by atoms with Gasteiger partial charge in [0.05, 0.1) is 22.6 Å². The van der Waals surface area contributed by atoms with Gasteiger partial charge in [-0.05, 0) is 32.2 Å². The number of hydrogen-bond donors (Lipinski definition) is 2. The van der Waals surface area contributed by atoms with E-state index in [2.05, 4.69) is 15.2 Å². The highest BCUT2D eigenvalue weighted by atomic mass is 35.5. The van der Waals surface area contributed by atoms with Crippen molar-refractivity contribution in [1.29, 1.82) is 0 Å². The Kier molecular flexibility index (Phi) is 3.31. The van der Waals surface area contributed by atoms with Crippen molar-refractivity contribution in [3.05, 3.63) is 17.4 Å². The van der Waals surface area contributed by atoms with Crippen LogP contribution in [0.4, 0.5) is 11.4 Å². The van der Waals surface area contributed by atoms with Gasteiger partial charge < -0.3 is 16.0 Å². The highest BCUT2D eigenvalue weighted by molar-refractivity contribution is 6.33. The number of piperidine rings is 1. The monoisotopic (exact) mass is 266 g/mol. The summed E-state index contributed by atoms with van der Waals surface area (Å²) in [5.41, 5.74) is 7.41. The number of rotatable bonds is 2. The van der Waals surface area contributed by atoms with E-state index in [1.165, 1.54) is 32.4 Å². The predicted octanol–water partition coefficient (Wildman–Crippen LogP) is 2.36. The highest BCUT2D eigenvalue weighted by Gasteiger charge is 2.31. The number of nitrogens with zero attached hydrogens (tertiary/aromatic N) is 2. The number of fused-ring (bicyclic) bond motifs is 1. The third-order valence-corrected chi connectivity index (χ3v) is 4.38. The summed E-state index contributed by atoms with van der Waals surface area (Å²) < 4.78 is 0. The van der Waals surface area contributed by atoms with Crippen LogP contribution in [0, 0.1) is 0 Å². The van der Waals surface area contributed by atoms with E-state index in [1.54, 1.807) is 12.4 Å². The van der Waals surface area contributed by atoms with Crippen LogP contribution < -0.4 is 11.1 Å². The molecular formula is C13H19ClN4.